The molecule has 0 bridgehead atoms. The van der Waals surface area contributed by atoms with E-state index in [9.17, 15) is 8.42 Å². The van der Waals surface area contributed by atoms with Gasteiger partial charge in [-0.25, -0.2) is 8.42 Å². The largest absolute Gasteiger partial charge is 0.369 e. The van der Waals surface area contributed by atoms with Crippen molar-refractivity contribution in [3.8, 4) is 0 Å². The highest BCUT2D eigenvalue weighted by Crippen LogP contribution is 2.18. The van der Waals surface area contributed by atoms with Crippen LogP contribution in [0.1, 0.15) is 5.56 Å². The van der Waals surface area contributed by atoms with Crippen molar-refractivity contribution in [2.24, 2.45) is 5.73 Å². The predicted molar refractivity (Wildman–Crippen MR) is 77.8 cm³/mol. The molecule has 2 rings (SSSR count). The highest BCUT2D eigenvalue weighted by atomic mass is 32.2. The van der Waals surface area contributed by atoms with Gasteiger partial charge >= 0.3 is 0 Å². The molecular formula is C13H21N3O2S. The second-order valence-electron chi connectivity index (χ2n) is 4.85. The summed E-state index contributed by atoms with van der Waals surface area (Å²) in [5, 5.41) is 0. The topological polar surface area (TPSA) is 66.6 Å². The summed E-state index contributed by atoms with van der Waals surface area (Å²) in [5.74, 6) is 0. The van der Waals surface area contributed by atoms with E-state index < -0.39 is 10.0 Å². The van der Waals surface area contributed by atoms with Crippen LogP contribution in [0, 0.1) is 0 Å². The molecule has 1 aromatic rings. The minimum Gasteiger partial charge on any atom is -0.369 e. The molecule has 6 heteroatoms. The van der Waals surface area contributed by atoms with Gasteiger partial charge in [0.1, 0.15) is 0 Å². The van der Waals surface area contributed by atoms with Crippen molar-refractivity contribution in [1.82, 2.24) is 4.31 Å². The third-order valence-electron chi connectivity index (χ3n) is 3.44. The average Bonchev–Trinajstić information content (AvgIpc) is 2.39. The second-order valence-corrected chi connectivity index (χ2v) is 6.84. The van der Waals surface area contributed by atoms with E-state index >= 15 is 0 Å². The first-order chi connectivity index (χ1) is 9.00. The van der Waals surface area contributed by atoms with Gasteiger partial charge in [-0.05, 0) is 30.7 Å². The molecule has 1 aliphatic heterocycles. The first kappa shape index (κ1) is 14.3. The third-order valence-corrected chi connectivity index (χ3v) is 4.75. The number of rotatable bonds is 4. The molecule has 1 heterocycles. The van der Waals surface area contributed by atoms with E-state index in [4.69, 9.17) is 5.73 Å². The summed E-state index contributed by atoms with van der Waals surface area (Å²) in [7, 11) is -3.05. The molecule has 0 unspecified atom stereocenters. The molecular weight excluding hydrogens is 262 g/mol. The van der Waals surface area contributed by atoms with E-state index in [-0.39, 0.29) is 0 Å². The molecule has 1 fully saturated rings. The molecule has 0 amide bonds. The van der Waals surface area contributed by atoms with Gasteiger partial charge in [0.2, 0.25) is 10.0 Å². The predicted octanol–water partition coefficient (Wildman–Crippen LogP) is 0.269. The van der Waals surface area contributed by atoms with Gasteiger partial charge in [0.05, 0.1) is 6.26 Å². The number of benzene rings is 1. The first-order valence-corrected chi connectivity index (χ1v) is 8.34. The molecule has 19 heavy (non-hydrogen) atoms. The van der Waals surface area contributed by atoms with Crippen molar-refractivity contribution in [3.63, 3.8) is 0 Å². The molecule has 0 aromatic heterocycles. The lowest BCUT2D eigenvalue weighted by Gasteiger charge is -2.34. The van der Waals surface area contributed by atoms with Crippen LogP contribution in [-0.4, -0.2) is 51.7 Å². The fraction of sp³-hybridized carbons (Fsp3) is 0.538. The Morgan fingerprint density at radius 2 is 1.68 bits per heavy atom. The molecule has 2 N–H and O–H groups in total. The summed E-state index contributed by atoms with van der Waals surface area (Å²) < 4.78 is 24.4. The fourth-order valence-electron chi connectivity index (χ4n) is 2.32. The molecule has 1 saturated heterocycles. The van der Waals surface area contributed by atoms with Gasteiger partial charge < -0.3 is 10.6 Å². The van der Waals surface area contributed by atoms with Crippen molar-refractivity contribution in [2.45, 2.75) is 6.42 Å². The van der Waals surface area contributed by atoms with Gasteiger partial charge in [0, 0.05) is 31.9 Å². The molecule has 0 spiro atoms. The molecule has 0 aliphatic carbocycles. The highest BCUT2D eigenvalue weighted by Gasteiger charge is 2.23. The number of anilines is 1. The van der Waals surface area contributed by atoms with Crippen molar-refractivity contribution in [1.29, 1.82) is 0 Å². The Bertz CT molecular complexity index is 505. The summed E-state index contributed by atoms with van der Waals surface area (Å²) in [6, 6.07) is 8.35. The SMILES string of the molecule is CS(=O)(=O)N1CCN(c2ccc(CCN)cc2)CC1. The summed E-state index contributed by atoms with van der Waals surface area (Å²) >= 11 is 0. The fourth-order valence-corrected chi connectivity index (χ4v) is 3.14. The van der Waals surface area contributed by atoms with Crippen LogP contribution in [0.2, 0.25) is 0 Å². The van der Waals surface area contributed by atoms with Crippen molar-refractivity contribution in [3.05, 3.63) is 29.8 Å². The standard InChI is InChI=1S/C13H21N3O2S/c1-19(17,18)16-10-8-15(9-11-16)13-4-2-12(3-5-13)6-7-14/h2-5H,6-11,14H2,1H3. The summed E-state index contributed by atoms with van der Waals surface area (Å²) in [4.78, 5) is 2.22. The number of hydrogen-bond donors (Lipinski definition) is 1. The first-order valence-electron chi connectivity index (χ1n) is 6.50. The zero-order valence-corrected chi connectivity index (χ0v) is 12.1. The minimum absolute atomic E-state index is 0.559. The van der Waals surface area contributed by atoms with Crippen LogP contribution in [0.15, 0.2) is 24.3 Å². The van der Waals surface area contributed by atoms with E-state index in [1.165, 1.54) is 16.1 Å². The second kappa shape index (κ2) is 5.90. The Morgan fingerprint density at radius 3 is 2.16 bits per heavy atom. The van der Waals surface area contributed by atoms with Crippen LogP contribution in [0.5, 0.6) is 0 Å². The number of nitrogens with zero attached hydrogens (tertiary/aromatic N) is 2. The molecule has 0 atom stereocenters. The Kier molecular flexibility index (Phi) is 4.44. The van der Waals surface area contributed by atoms with Crippen molar-refractivity contribution in [2.75, 3.05) is 43.9 Å². The lowest BCUT2D eigenvalue weighted by atomic mass is 10.1. The summed E-state index contributed by atoms with van der Waals surface area (Å²) in [6.45, 7) is 3.26. The Morgan fingerprint density at radius 1 is 1.11 bits per heavy atom. The van der Waals surface area contributed by atoms with E-state index in [0.29, 0.717) is 19.6 Å². The monoisotopic (exact) mass is 283 g/mol. The summed E-state index contributed by atoms with van der Waals surface area (Å²) in [5.41, 5.74) is 7.91. The molecule has 0 radical (unpaired) electrons. The van der Waals surface area contributed by atoms with E-state index in [1.54, 1.807) is 0 Å². The maximum atomic E-state index is 11.4. The normalized spacial score (nSPS) is 17.7. The lowest BCUT2D eigenvalue weighted by Crippen LogP contribution is -2.48. The molecule has 1 aliphatic rings. The molecule has 5 nitrogen and oxygen atoms in total. The van der Waals surface area contributed by atoms with Gasteiger partial charge in [0.25, 0.3) is 0 Å². The van der Waals surface area contributed by atoms with Gasteiger partial charge in [-0.1, -0.05) is 12.1 Å². The summed E-state index contributed by atoms with van der Waals surface area (Å²) in [6.07, 6.45) is 2.16. The maximum absolute atomic E-state index is 11.4. The van der Waals surface area contributed by atoms with Crippen LogP contribution in [-0.2, 0) is 16.4 Å². The number of piperazine rings is 1. The Labute approximate surface area is 115 Å². The smallest absolute Gasteiger partial charge is 0.211 e. The van der Waals surface area contributed by atoms with Crippen LogP contribution in [0.3, 0.4) is 0 Å². The third kappa shape index (κ3) is 3.68. The highest BCUT2D eigenvalue weighted by molar-refractivity contribution is 7.88. The van der Waals surface area contributed by atoms with Crippen molar-refractivity contribution < 1.29 is 8.42 Å². The van der Waals surface area contributed by atoms with Crippen LogP contribution < -0.4 is 10.6 Å². The van der Waals surface area contributed by atoms with E-state index in [2.05, 4.69) is 29.2 Å². The Balaban J connectivity index is 1.97. The van der Waals surface area contributed by atoms with Gasteiger partial charge in [0.15, 0.2) is 0 Å². The lowest BCUT2D eigenvalue weighted by molar-refractivity contribution is 0.388. The Hall–Kier alpha value is -1.11. The quantitative estimate of drug-likeness (QED) is 0.861. The van der Waals surface area contributed by atoms with Crippen molar-refractivity contribution >= 4 is 15.7 Å². The van der Waals surface area contributed by atoms with E-state index in [0.717, 1.165) is 25.2 Å². The zero-order chi connectivity index (χ0) is 13.9. The van der Waals surface area contributed by atoms with Crippen LogP contribution in [0.25, 0.3) is 0 Å². The molecule has 1 aromatic carbocycles. The minimum atomic E-state index is -3.05. The zero-order valence-electron chi connectivity index (χ0n) is 11.2. The molecule has 0 saturated carbocycles. The van der Waals surface area contributed by atoms with E-state index in [1.807, 2.05) is 0 Å². The van der Waals surface area contributed by atoms with Gasteiger partial charge in [-0.2, -0.15) is 4.31 Å². The van der Waals surface area contributed by atoms with Gasteiger partial charge in [-0.3, -0.25) is 0 Å². The average molecular weight is 283 g/mol. The van der Waals surface area contributed by atoms with Gasteiger partial charge in [-0.15, -0.1) is 0 Å². The number of hydrogen-bond acceptors (Lipinski definition) is 4. The van der Waals surface area contributed by atoms with Crippen LogP contribution >= 0.6 is 0 Å². The number of sulfonamides is 1. The number of nitrogens with two attached hydrogens (primary N) is 1. The van der Waals surface area contributed by atoms with Crippen LogP contribution in [0.4, 0.5) is 5.69 Å². The molecule has 106 valence electrons. The maximum Gasteiger partial charge on any atom is 0.211 e.